The van der Waals surface area contributed by atoms with Gasteiger partial charge < -0.3 is 9.84 Å². The number of H-pyrrole nitrogens is 1. The number of hydrogen-bond donors (Lipinski definition) is 2. The van der Waals surface area contributed by atoms with Gasteiger partial charge in [0.25, 0.3) is 0 Å². The van der Waals surface area contributed by atoms with Crippen LogP contribution in [0.3, 0.4) is 0 Å². The highest BCUT2D eigenvalue weighted by Crippen LogP contribution is 2.30. The molecule has 0 radical (unpaired) electrons. The van der Waals surface area contributed by atoms with E-state index in [1.807, 2.05) is 18.2 Å². The lowest BCUT2D eigenvalue weighted by Gasteiger charge is -2.21. The van der Waals surface area contributed by atoms with Crippen LogP contribution in [0.4, 0.5) is 0 Å². The van der Waals surface area contributed by atoms with Gasteiger partial charge in [0.15, 0.2) is 0 Å². The Balaban J connectivity index is 1.51. The Labute approximate surface area is 127 Å². The summed E-state index contributed by atoms with van der Waals surface area (Å²) in [6, 6.07) is 7.40. The number of benzene rings is 1. The van der Waals surface area contributed by atoms with Gasteiger partial charge in [-0.2, -0.15) is 15.4 Å². The molecule has 0 aliphatic carbocycles. The van der Waals surface area contributed by atoms with E-state index in [0.717, 1.165) is 13.1 Å². The van der Waals surface area contributed by atoms with Gasteiger partial charge in [0.05, 0.1) is 11.2 Å². The molecule has 21 heavy (non-hydrogen) atoms. The van der Waals surface area contributed by atoms with Gasteiger partial charge in [0.2, 0.25) is 0 Å². The lowest BCUT2D eigenvalue weighted by Crippen LogP contribution is -2.33. The Hall–Kier alpha value is -1.63. The zero-order valence-electron chi connectivity index (χ0n) is 11.5. The largest absolute Gasteiger partial charge is 0.491 e. The molecule has 1 fully saturated rings. The van der Waals surface area contributed by atoms with Crippen LogP contribution in [0, 0.1) is 0 Å². The number of aromatic amines is 1. The quantitative estimate of drug-likeness (QED) is 0.874. The molecular weight excluding hydrogens is 292 g/mol. The highest BCUT2D eigenvalue weighted by Gasteiger charge is 2.39. The second-order valence-electron chi connectivity index (χ2n) is 5.19. The SMILES string of the molecule is O[C@]1(c2cn[nH]n2)CCN(CCOc2ccccc2Cl)C1. The first kappa shape index (κ1) is 14.3. The normalized spacial score (nSPS) is 22.6. The van der Waals surface area contributed by atoms with Gasteiger partial charge in [-0.1, -0.05) is 23.7 Å². The fourth-order valence-corrected chi connectivity index (χ4v) is 2.73. The molecule has 1 atom stereocenters. The van der Waals surface area contributed by atoms with Gasteiger partial charge >= 0.3 is 0 Å². The number of rotatable bonds is 5. The minimum atomic E-state index is -0.919. The molecule has 1 saturated heterocycles. The van der Waals surface area contributed by atoms with Crippen molar-refractivity contribution in [2.24, 2.45) is 0 Å². The van der Waals surface area contributed by atoms with Crippen LogP contribution in [0.15, 0.2) is 30.5 Å². The average molecular weight is 309 g/mol. The first-order valence-corrected chi connectivity index (χ1v) is 7.23. The van der Waals surface area contributed by atoms with E-state index in [1.165, 1.54) is 0 Å². The summed E-state index contributed by atoms with van der Waals surface area (Å²) in [6.45, 7) is 2.59. The number of halogens is 1. The third-order valence-corrected chi connectivity index (χ3v) is 4.03. The maximum Gasteiger partial charge on any atom is 0.137 e. The number of para-hydroxylation sites is 1. The van der Waals surface area contributed by atoms with Crippen LogP contribution in [-0.2, 0) is 5.60 Å². The summed E-state index contributed by atoms with van der Waals surface area (Å²) >= 11 is 6.04. The number of nitrogens with zero attached hydrogens (tertiary/aromatic N) is 3. The Morgan fingerprint density at radius 2 is 2.29 bits per heavy atom. The fourth-order valence-electron chi connectivity index (χ4n) is 2.54. The van der Waals surface area contributed by atoms with Gasteiger partial charge in [-0.15, -0.1) is 0 Å². The topological polar surface area (TPSA) is 74.3 Å². The minimum absolute atomic E-state index is 0.526. The predicted octanol–water partition coefficient (Wildman–Crippen LogP) is 1.43. The van der Waals surface area contributed by atoms with Crippen LogP contribution >= 0.6 is 11.6 Å². The summed E-state index contributed by atoms with van der Waals surface area (Å²) in [7, 11) is 0. The van der Waals surface area contributed by atoms with Gasteiger partial charge in [0.1, 0.15) is 23.7 Å². The Morgan fingerprint density at radius 3 is 3.05 bits per heavy atom. The third-order valence-electron chi connectivity index (χ3n) is 3.72. The molecule has 2 heterocycles. The average Bonchev–Trinajstić information content (AvgIpc) is 3.12. The van der Waals surface area contributed by atoms with Crippen LogP contribution in [-0.4, -0.2) is 51.7 Å². The molecular formula is C14H17ClN4O2. The molecule has 7 heteroatoms. The monoisotopic (exact) mass is 308 g/mol. The standard InChI is InChI=1S/C14H17ClN4O2/c15-11-3-1-2-4-12(11)21-8-7-19-6-5-14(20,10-19)13-9-16-18-17-13/h1-4,9,20H,5-8,10H2,(H,16,17,18)/t14-/m1/s1. The predicted molar refractivity (Wildman–Crippen MR) is 78.3 cm³/mol. The lowest BCUT2D eigenvalue weighted by molar-refractivity contribution is 0.0403. The highest BCUT2D eigenvalue weighted by atomic mass is 35.5. The summed E-state index contributed by atoms with van der Waals surface area (Å²) in [5, 5.41) is 21.4. The molecule has 3 rings (SSSR count). The van der Waals surface area contributed by atoms with Crippen molar-refractivity contribution in [2.45, 2.75) is 12.0 Å². The minimum Gasteiger partial charge on any atom is -0.491 e. The van der Waals surface area contributed by atoms with E-state index in [2.05, 4.69) is 20.3 Å². The molecule has 1 aromatic carbocycles. The number of aromatic nitrogens is 3. The van der Waals surface area contributed by atoms with Crippen LogP contribution in [0.25, 0.3) is 0 Å². The molecule has 112 valence electrons. The summed E-state index contributed by atoms with van der Waals surface area (Å²) in [5.74, 6) is 0.685. The number of aliphatic hydroxyl groups is 1. The zero-order valence-corrected chi connectivity index (χ0v) is 12.3. The van der Waals surface area contributed by atoms with Crippen molar-refractivity contribution in [1.29, 1.82) is 0 Å². The summed E-state index contributed by atoms with van der Waals surface area (Å²) in [4.78, 5) is 2.14. The zero-order chi connectivity index (χ0) is 14.7. The molecule has 2 aromatic rings. The highest BCUT2D eigenvalue weighted by molar-refractivity contribution is 6.32. The number of β-amino-alcohol motifs (C(OH)–C–C–N with tert-alkyl or cyclic N) is 1. The number of ether oxygens (including phenoxy) is 1. The molecule has 0 saturated carbocycles. The third kappa shape index (κ3) is 3.18. The van der Waals surface area contributed by atoms with Gasteiger partial charge in [-0.05, 0) is 18.6 Å². The van der Waals surface area contributed by atoms with Crippen molar-refractivity contribution in [3.63, 3.8) is 0 Å². The van der Waals surface area contributed by atoms with E-state index < -0.39 is 5.60 Å². The van der Waals surface area contributed by atoms with Gasteiger partial charge in [0, 0.05) is 19.6 Å². The van der Waals surface area contributed by atoms with Crippen molar-refractivity contribution in [1.82, 2.24) is 20.3 Å². The Morgan fingerprint density at radius 1 is 1.43 bits per heavy atom. The molecule has 1 aromatic heterocycles. The second-order valence-corrected chi connectivity index (χ2v) is 5.60. The fraction of sp³-hybridized carbons (Fsp3) is 0.429. The Kier molecular flexibility index (Phi) is 4.10. The number of hydrogen-bond acceptors (Lipinski definition) is 5. The summed E-state index contributed by atoms with van der Waals surface area (Å²) in [6.07, 6.45) is 2.22. The summed E-state index contributed by atoms with van der Waals surface area (Å²) < 4.78 is 5.67. The van der Waals surface area contributed by atoms with E-state index in [9.17, 15) is 5.11 Å². The second kappa shape index (κ2) is 6.01. The van der Waals surface area contributed by atoms with Crippen LogP contribution in [0.5, 0.6) is 5.75 Å². The molecule has 0 bridgehead atoms. The lowest BCUT2D eigenvalue weighted by atomic mass is 10.0. The maximum atomic E-state index is 10.6. The van der Waals surface area contributed by atoms with E-state index in [4.69, 9.17) is 16.3 Å². The first-order chi connectivity index (χ1) is 10.2. The number of nitrogens with one attached hydrogen (secondary N) is 1. The van der Waals surface area contributed by atoms with Crippen molar-refractivity contribution in [3.05, 3.63) is 41.2 Å². The van der Waals surface area contributed by atoms with E-state index >= 15 is 0 Å². The van der Waals surface area contributed by atoms with Crippen LogP contribution in [0.2, 0.25) is 5.02 Å². The molecule has 1 aliphatic rings. The molecule has 0 spiro atoms. The smallest absolute Gasteiger partial charge is 0.137 e. The Bertz CT molecular complexity index is 592. The molecule has 2 N–H and O–H groups in total. The van der Waals surface area contributed by atoms with E-state index in [0.29, 0.717) is 36.0 Å². The van der Waals surface area contributed by atoms with Crippen LogP contribution in [0.1, 0.15) is 12.1 Å². The van der Waals surface area contributed by atoms with Crippen molar-refractivity contribution >= 4 is 11.6 Å². The maximum absolute atomic E-state index is 10.6. The molecule has 0 unspecified atom stereocenters. The molecule has 1 aliphatic heterocycles. The first-order valence-electron chi connectivity index (χ1n) is 6.86. The van der Waals surface area contributed by atoms with E-state index in [1.54, 1.807) is 12.3 Å². The van der Waals surface area contributed by atoms with Crippen LogP contribution < -0.4 is 4.74 Å². The van der Waals surface area contributed by atoms with Crippen molar-refractivity contribution in [2.75, 3.05) is 26.2 Å². The van der Waals surface area contributed by atoms with Gasteiger partial charge in [-0.3, -0.25) is 4.90 Å². The summed E-state index contributed by atoms with van der Waals surface area (Å²) in [5.41, 5.74) is -0.325. The van der Waals surface area contributed by atoms with Crippen molar-refractivity contribution in [3.8, 4) is 5.75 Å². The molecule has 6 nitrogen and oxygen atoms in total. The van der Waals surface area contributed by atoms with E-state index in [-0.39, 0.29) is 0 Å². The molecule has 0 amide bonds. The number of likely N-dealkylation sites (tertiary alicyclic amines) is 1. The van der Waals surface area contributed by atoms with Crippen molar-refractivity contribution < 1.29 is 9.84 Å². The van der Waals surface area contributed by atoms with Gasteiger partial charge in [-0.25, -0.2) is 0 Å².